The third kappa shape index (κ3) is 3.10. The van der Waals surface area contributed by atoms with Crippen LogP contribution in [0.2, 0.25) is 0 Å². The second-order valence-electron chi connectivity index (χ2n) is 6.27. The lowest BCUT2D eigenvalue weighted by atomic mass is 9.98. The van der Waals surface area contributed by atoms with Crippen LogP contribution in [0.25, 0.3) is 22.2 Å². The number of rotatable bonds is 3. The number of benzene rings is 3. The summed E-state index contributed by atoms with van der Waals surface area (Å²) in [4.78, 5) is 3.21. The summed E-state index contributed by atoms with van der Waals surface area (Å²) in [5, 5.41) is 0.820. The van der Waals surface area contributed by atoms with Gasteiger partial charge in [-0.25, -0.2) is 0 Å². The smallest absolute Gasteiger partial charge is 0.354 e. The van der Waals surface area contributed by atoms with Crippen LogP contribution in [-0.4, -0.2) is 4.98 Å². The van der Waals surface area contributed by atoms with E-state index in [2.05, 4.69) is 4.98 Å². The van der Waals surface area contributed by atoms with Gasteiger partial charge in [0.05, 0.1) is 11.3 Å². The summed E-state index contributed by atoms with van der Waals surface area (Å²) < 4.78 is 39.2. The Bertz CT molecular complexity index is 1030. The molecular weight excluding hydrogens is 335 g/mol. The molecule has 0 aliphatic heterocycles. The number of alkyl halides is 3. The van der Waals surface area contributed by atoms with Crippen LogP contribution in [0.4, 0.5) is 13.2 Å². The van der Waals surface area contributed by atoms with Gasteiger partial charge in [0.1, 0.15) is 0 Å². The molecule has 4 rings (SSSR count). The molecule has 0 radical (unpaired) electrons. The summed E-state index contributed by atoms with van der Waals surface area (Å²) in [6.07, 6.45) is -3.71. The molecule has 0 atom stereocenters. The van der Waals surface area contributed by atoms with E-state index >= 15 is 0 Å². The molecule has 0 aliphatic rings. The molecule has 0 bridgehead atoms. The minimum absolute atomic E-state index is 0.504. The Morgan fingerprint density at radius 1 is 0.769 bits per heavy atom. The molecule has 0 amide bonds. The number of H-pyrrole nitrogens is 1. The zero-order chi connectivity index (χ0) is 18.1. The Kier molecular flexibility index (Phi) is 4.03. The summed E-state index contributed by atoms with van der Waals surface area (Å²) in [5.41, 5.74) is 3.81. The Hall–Kier alpha value is -3.01. The topological polar surface area (TPSA) is 15.8 Å². The van der Waals surface area contributed by atoms with E-state index in [0.29, 0.717) is 11.9 Å². The SMILES string of the molecule is FC(F)(F)c1ccc2c(Cc3ccccc3)c(-c3ccccc3)[nH]c2c1. The van der Waals surface area contributed by atoms with Crippen LogP contribution < -0.4 is 0 Å². The Labute approximate surface area is 149 Å². The van der Waals surface area contributed by atoms with Crippen LogP contribution in [-0.2, 0) is 12.6 Å². The maximum absolute atomic E-state index is 13.1. The molecule has 0 aliphatic carbocycles. The number of hydrogen-bond donors (Lipinski definition) is 1. The van der Waals surface area contributed by atoms with Crippen molar-refractivity contribution in [2.24, 2.45) is 0 Å². The first-order valence-electron chi connectivity index (χ1n) is 8.33. The second-order valence-corrected chi connectivity index (χ2v) is 6.27. The largest absolute Gasteiger partial charge is 0.416 e. The monoisotopic (exact) mass is 351 g/mol. The van der Waals surface area contributed by atoms with E-state index in [9.17, 15) is 13.2 Å². The summed E-state index contributed by atoms with van der Waals surface area (Å²) in [7, 11) is 0. The predicted octanol–water partition coefficient (Wildman–Crippen LogP) is 6.44. The molecular formula is C22H16F3N. The van der Waals surface area contributed by atoms with Gasteiger partial charge in [-0.3, -0.25) is 0 Å². The van der Waals surface area contributed by atoms with Gasteiger partial charge in [0.15, 0.2) is 0 Å². The van der Waals surface area contributed by atoms with E-state index in [0.717, 1.165) is 33.8 Å². The molecule has 1 aromatic heterocycles. The second kappa shape index (κ2) is 6.37. The highest BCUT2D eigenvalue weighted by atomic mass is 19.4. The van der Waals surface area contributed by atoms with Crippen LogP contribution >= 0.6 is 0 Å². The average Bonchev–Trinajstić information content (AvgIpc) is 3.00. The third-order valence-electron chi connectivity index (χ3n) is 4.52. The highest BCUT2D eigenvalue weighted by Crippen LogP contribution is 2.36. The lowest BCUT2D eigenvalue weighted by Gasteiger charge is -2.07. The van der Waals surface area contributed by atoms with Gasteiger partial charge >= 0.3 is 6.18 Å². The van der Waals surface area contributed by atoms with E-state index in [-0.39, 0.29) is 0 Å². The average molecular weight is 351 g/mol. The Balaban J connectivity index is 1.91. The molecule has 0 saturated heterocycles. The number of nitrogens with one attached hydrogen (secondary N) is 1. The van der Waals surface area contributed by atoms with Crippen molar-refractivity contribution in [1.82, 2.24) is 4.98 Å². The van der Waals surface area contributed by atoms with Crippen LogP contribution in [0.3, 0.4) is 0 Å². The lowest BCUT2D eigenvalue weighted by Crippen LogP contribution is -2.04. The first kappa shape index (κ1) is 16.5. The van der Waals surface area contributed by atoms with Crippen LogP contribution in [0.5, 0.6) is 0 Å². The van der Waals surface area contributed by atoms with Gasteiger partial charge in [0, 0.05) is 17.3 Å². The lowest BCUT2D eigenvalue weighted by molar-refractivity contribution is -0.137. The van der Waals surface area contributed by atoms with Crippen molar-refractivity contribution in [2.75, 3.05) is 0 Å². The molecule has 0 fully saturated rings. The molecule has 130 valence electrons. The van der Waals surface area contributed by atoms with Crippen molar-refractivity contribution >= 4 is 10.9 Å². The first-order chi connectivity index (χ1) is 12.5. The third-order valence-corrected chi connectivity index (χ3v) is 4.52. The van der Waals surface area contributed by atoms with Crippen molar-refractivity contribution in [3.63, 3.8) is 0 Å². The molecule has 4 aromatic rings. The zero-order valence-electron chi connectivity index (χ0n) is 13.8. The van der Waals surface area contributed by atoms with E-state index < -0.39 is 11.7 Å². The van der Waals surface area contributed by atoms with E-state index in [1.165, 1.54) is 6.07 Å². The van der Waals surface area contributed by atoms with Crippen molar-refractivity contribution in [2.45, 2.75) is 12.6 Å². The standard InChI is InChI=1S/C22H16F3N/c23-22(24,25)17-11-12-18-19(13-15-7-3-1-4-8-15)21(26-20(18)14-17)16-9-5-2-6-10-16/h1-12,14,26H,13H2. The summed E-state index contributed by atoms with van der Waals surface area (Å²) in [5.74, 6) is 0. The predicted molar refractivity (Wildman–Crippen MR) is 98.0 cm³/mol. The van der Waals surface area contributed by atoms with Crippen molar-refractivity contribution in [3.8, 4) is 11.3 Å². The van der Waals surface area contributed by atoms with Gasteiger partial charge in [-0.1, -0.05) is 66.7 Å². The molecule has 0 unspecified atom stereocenters. The van der Waals surface area contributed by atoms with E-state index in [1.807, 2.05) is 60.7 Å². The minimum Gasteiger partial charge on any atom is -0.354 e. The van der Waals surface area contributed by atoms with Gasteiger partial charge < -0.3 is 4.98 Å². The van der Waals surface area contributed by atoms with Crippen molar-refractivity contribution < 1.29 is 13.2 Å². The fourth-order valence-corrected chi connectivity index (χ4v) is 3.27. The number of halogens is 3. The number of fused-ring (bicyclic) bond motifs is 1. The molecule has 3 aromatic carbocycles. The maximum Gasteiger partial charge on any atom is 0.416 e. The Morgan fingerprint density at radius 3 is 2.08 bits per heavy atom. The summed E-state index contributed by atoms with van der Waals surface area (Å²) >= 11 is 0. The van der Waals surface area contributed by atoms with Crippen molar-refractivity contribution in [1.29, 1.82) is 0 Å². The number of aromatic amines is 1. The summed E-state index contributed by atoms with van der Waals surface area (Å²) in [6, 6.07) is 23.5. The highest BCUT2D eigenvalue weighted by Gasteiger charge is 2.31. The minimum atomic E-state index is -4.36. The van der Waals surface area contributed by atoms with Gasteiger partial charge in [0.25, 0.3) is 0 Å². The molecule has 1 N–H and O–H groups in total. The quantitative estimate of drug-likeness (QED) is 0.437. The number of hydrogen-bond acceptors (Lipinski definition) is 0. The zero-order valence-corrected chi connectivity index (χ0v) is 13.8. The van der Waals surface area contributed by atoms with Crippen LogP contribution in [0.15, 0.2) is 78.9 Å². The van der Waals surface area contributed by atoms with Gasteiger partial charge in [0.2, 0.25) is 0 Å². The van der Waals surface area contributed by atoms with E-state index in [4.69, 9.17) is 0 Å². The van der Waals surface area contributed by atoms with Gasteiger partial charge in [-0.2, -0.15) is 13.2 Å². The van der Waals surface area contributed by atoms with E-state index in [1.54, 1.807) is 6.07 Å². The van der Waals surface area contributed by atoms with Crippen LogP contribution in [0, 0.1) is 0 Å². The fraction of sp³-hybridized carbons (Fsp3) is 0.0909. The normalized spacial score (nSPS) is 11.8. The van der Waals surface area contributed by atoms with Crippen molar-refractivity contribution in [3.05, 3.63) is 95.6 Å². The van der Waals surface area contributed by atoms with Gasteiger partial charge in [-0.05, 0) is 28.8 Å². The molecule has 1 heterocycles. The maximum atomic E-state index is 13.1. The highest BCUT2D eigenvalue weighted by molar-refractivity contribution is 5.91. The molecule has 1 nitrogen and oxygen atoms in total. The Morgan fingerprint density at radius 2 is 1.42 bits per heavy atom. The fourth-order valence-electron chi connectivity index (χ4n) is 3.27. The molecule has 0 saturated carbocycles. The first-order valence-corrected chi connectivity index (χ1v) is 8.33. The molecule has 4 heteroatoms. The molecule has 0 spiro atoms. The molecule has 26 heavy (non-hydrogen) atoms. The van der Waals surface area contributed by atoms with Crippen LogP contribution in [0.1, 0.15) is 16.7 Å². The van der Waals surface area contributed by atoms with Gasteiger partial charge in [-0.15, -0.1) is 0 Å². The summed E-state index contributed by atoms with van der Waals surface area (Å²) in [6.45, 7) is 0. The number of aromatic nitrogens is 1.